The Balaban J connectivity index is 1.37. The first-order valence-corrected chi connectivity index (χ1v) is 11.8. The van der Waals surface area contributed by atoms with Crippen LogP contribution in [0.4, 0.5) is 17.3 Å². The highest BCUT2D eigenvalue weighted by molar-refractivity contribution is 7.99. The molecule has 10 heteroatoms. The molecule has 168 valence electrons. The van der Waals surface area contributed by atoms with Crippen LogP contribution in [0.2, 0.25) is 5.02 Å². The van der Waals surface area contributed by atoms with E-state index in [1.54, 1.807) is 12.1 Å². The summed E-state index contributed by atoms with van der Waals surface area (Å²) in [4.78, 5) is 16.4. The highest BCUT2D eigenvalue weighted by Gasteiger charge is 2.46. The van der Waals surface area contributed by atoms with Gasteiger partial charge in [0.15, 0.2) is 17.3 Å². The predicted octanol–water partition coefficient (Wildman–Crippen LogP) is 3.55. The first kappa shape index (κ1) is 21.8. The van der Waals surface area contributed by atoms with E-state index in [0.717, 1.165) is 43.6 Å². The van der Waals surface area contributed by atoms with Gasteiger partial charge in [0.1, 0.15) is 11.1 Å². The highest BCUT2D eigenvalue weighted by Crippen LogP contribution is 2.50. The molecule has 3 aromatic rings. The second-order valence-corrected chi connectivity index (χ2v) is 9.91. The second-order valence-electron chi connectivity index (χ2n) is 8.50. The van der Waals surface area contributed by atoms with E-state index in [2.05, 4.69) is 32.0 Å². The van der Waals surface area contributed by atoms with E-state index >= 15 is 0 Å². The number of nitrogens with two attached hydrogens (primary N) is 3. The number of piperidine rings is 1. The molecule has 1 aliphatic heterocycles. The Hall–Kier alpha value is -3.06. The summed E-state index contributed by atoms with van der Waals surface area (Å²) in [6.07, 6.45) is 4.47. The number of fused-ring (bicyclic) bond motifs is 1. The molecule has 2 aromatic heterocycles. The summed E-state index contributed by atoms with van der Waals surface area (Å²) in [5.74, 6) is 0.761. The summed E-state index contributed by atoms with van der Waals surface area (Å²) < 4.78 is 0. The van der Waals surface area contributed by atoms with Crippen LogP contribution in [0.3, 0.4) is 0 Å². The first-order valence-electron chi connectivity index (χ1n) is 10.7. The number of rotatable bonds is 3. The summed E-state index contributed by atoms with van der Waals surface area (Å²) in [5, 5.41) is 10.6. The van der Waals surface area contributed by atoms with Gasteiger partial charge >= 0.3 is 0 Å². The maximum atomic E-state index is 9.79. The van der Waals surface area contributed by atoms with Gasteiger partial charge in [-0.1, -0.05) is 35.5 Å². The first-order chi connectivity index (χ1) is 15.9. The van der Waals surface area contributed by atoms with Crippen molar-refractivity contribution >= 4 is 40.7 Å². The van der Waals surface area contributed by atoms with Crippen LogP contribution in [-0.2, 0) is 6.42 Å². The van der Waals surface area contributed by atoms with Gasteiger partial charge in [-0.05, 0) is 48.4 Å². The van der Waals surface area contributed by atoms with Gasteiger partial charge in [0, 0.05) is 35.9 Å². The number of hydrogen-bond donors (Lipinski definition) is 3. The number of halogens is 1. The normalized spacial score (nSPS) is 18.8. The molecule has 2 aliphatic rings. The number of nitrogen functional groups attached to an aromatic ring is 2. The van der Waals surface area contributed by atoms with Crippen molar-refractivity contribution in [2.24, 2.45) is 11.1 Å². The molecule has 5 rings (SSSR count). The van der Waals surface area contributed by atoms with E-state index < -0.39 is 0 Å². The summed E-state index contributed by atoms with van der Waals surface area (Å²) in [5.41, 5.74) is 21.7. The maximum absolute atomic E-state index is 9.79. The third-order valence-electron chi connectivity index (χ3n) is 6.67. The maximum Gasteiger partial charge on any atom is 0.184 e. The molecule has 6 N–H and O–H groups in total. The van der Waals surface area contributed by atoms with Crippen LogP contribution in [0.25, 0.3) is 0 Å². The van der Waals surface area contributed by atoms with E-state index in [1.165, 1.54) is 11.8 Å². The number of nitriles is 1. The van der Waals surface area contributed by atoms with Crippen LogP contribution in [0.1, 0.15) is 35.8 Å². The molecule has 0 bridgehead atoms. The number of hydrogen-bond acceptors (Lipinski definition) is 9. The van der Waals surface area contributed by atoms with Gasteiger partial charge in [-0.3, -0.25) is 4.98 Å². The van der Waals surface area contributed by atoms with Crippen molar-refractivity contribution < 1.29 is 0 Å². The summed E-state index contributed by atoms with van der Waals surface area (Å²) >= 11 is 7.55. The van der Waals surface area contributed by atoms with Crippen molar-refractivity contribution in [1.82, 2.24) is 15.0 Å². The third kappa shape index (κ3) is 3.74. The zero-order chi connectivity index (χ0) is 23.2. The molecule has 8 nitrogen and oxygen atoms in total. The average molecular weight is 479 g/mol. The zero-order valence-electron chi connectivity index (χ0n) is 17.8. The average Bonchev–Trinajstić information content (AvgIpc) is 3.09. The Bertz CT molecular complexity index is 1270. The van der Waals surface area contributed by atoms with E-state index in [0.29, 0.717) is 26.4 Å². The second kappa shape index (κ2) is 8.37. The number of benzene rings is 1. The molecular weight excluding hydrogens is 456 g/mol. The number of aromatic nitrogens is 3. The lowest BCUT2D eigenvalue weighted by Crippen LogP contribution is -2.45. The molecule has 1 atom stereocenters. The zero-order valence-corrected chi connectivity index (χ0v) is 19.4. The van der Waals surface area contributed by atoms with E-state index in [4.69, 9.17) is 28.8 Å². The van der Waals surface area contributed by atoms with Crippen molar-refractivity contribution in [2.75, 3.05) is 29.5 Å². The molecule has 33 heavy (non-hydrogen) atoms. The molecule has 0 amide bonds. The van der Waals surface area contributed by atoms with Crippen LogP contribution in [-0.4, -0.2) is 28.0 Å². The predicted molar refractivity (Wildman–Crippen MR) is 130 cm³/mol. The fourth-order valence-electron chi connectivity index (χ4n) is 4.81. The fourth-order valence-corrected chi connectivity index (χ4v) is 5.90. The number of anilines is 3. The lowest BCUT2D eigenvalue weighted by Gasteiger charge is -2.42. The van der Waals surface area contributed by atoms with Crippen LogP contribution < -0.4 is 22.1 Å². The number of nitrogens with zero attached hydrogens (tertiary/aromatic N) is 5. The van der Waals surface area contributed by atoms with Gasteiger partial charge in [0.2, 0.25) is 0 Å². The van der Waals surface area contributed by atoms with Crippen LogP contribution in [0, 0.1) is 16.7 Å². The van der Waals surface area contributed by atoms with Gasteiger partial charge in [-0.2, -0.15) is 5.26 Å². The highest BCUT2D eigenvalue weighted by atomic mass is 35.5. The van der Waals surface area contributed by atoms with Crippen LogP contribution in [0.15, 0.2) is 46.5 Å². The fraction of sp³-hybridized carbons (Fsp3) is 0.304. The van der Waals surface area contributed by atoms with Gasteiger partial charge in [0.05, 0.1) is 10.7 Å². The smallest absolute Gasteiger partial charge is 0.184 e. The Labute approximate surface area is 201 Å². The molecule has 1 fully saturated rings. The van der Waals surface area contributed by atoms with Gasteiger partial charge in [0.25, 0.3) is 0 Å². The molecule has 1 saturated heterocycles. The molecule has 1 aromatic carbocycles. The minimum Gasteiger partial charge on any atom is -0.397 e. The number of pyridine rings is 1. The van der Waals surface area contributed by atoms with Gasteiger partial charge in [-0.15, -0.1) is 0 Å². The molecule has 3 heterocycles. The molecule has 0 radical (unpaired) electrons. The molecule has 1 aliphatic carbocycles. The third-order valence-corrected chi connectivity index (χ3v) is 8.26. The van der Waals surface area contributed by atoms with Crippen molar-refractivity contribution in [3.63, 3.8) is 0 Å². The Morgan fingerprint density at radius 2 is 1.94 bits per heavy atom. The van der Waals surface area contributed by atoms with Gasteiger partial charge < -0.3 is 22.1 Å². The minimum absolute atomic E-state index is 0.0151. The van der Waals surface area contributed by atoms with E-state index in [9.17, 15) is 5.26 Å². The standard InChI is InChI=1S/C23H23ClN8S/c24-18-14(26)4-1-5-17(18)33-22-20(28)31-21(16(12-25)30-22)32-9-6-23(7-10-32)11-15-13(19(23)27)3-2-8-29-15/h1-5,8,19H,6-7,9-11,26-27H2,(H2,28,31)/t19-/m1/s1. The molecule has 1 spiro atoms. The SMILES string of the molecule is N#Cc1nc(Sc2cccc(N)c2Cl)c(N)nc1N1CCC2(CC1)Cc1ncccc1[C@H]2N. The van der Waals surface area contributed by atoms with Crippen LogP contribution >= 0.6 is 23.4 Å². The van der Waals surface area contributed by atoms with Crippen molar-refractivity contribution in [3.8, 4) is 6.07 Å². The molecule has 0 unspecified atom stereocenters. The summed E-state index contributed by atoms with van der Waals surface area (Å²) in [7, 11) is 0. The van der Waals surface area contributed by atoms with Crippen molar-refractivity contribution in [1.29, 1.82) is 5.26 Å². The van der Waals surface area contributed by atoms with Crippen molar-refractivity contribution in [3.05, 3.63) is 58.5 Å². The molecule has 0 saturated carbocycles. The summed E-state index contributed by atoms with van der Waals surface area (Å²) in [6, 6.07) is 11.5. The van der Waals surface area contributed by atoms with Gasteiger partial charge in [-0.25, -0.2) is 9.97 Å². The topological polar surface area (TPSA) is 144 Å². The Morgan fingerprint density at radius 1 is 1.15 bits per heavy atom. The Morgan fingerprint density at radius 3 is 2.67 bits per heavy atom. The lowest BCUT2D eigenvalue weighted by molar-refractivity contribution is 0.186. The van der Waals surface area contributed by atoms with E-state index in [1.807, 2.05) is 18.3 Å². The van der Waals surface area contributed by atoms with Crippen molar-refractivity contribution in [2.45, 2.75) is 35.2 Å². The molecular formula is C23H23ClN8S. The Kier molecular flexibility index (Phi) is 5.52. The minimum atomic E-state index is -0.0308. The quantitative estimate of drug-likeness (QED) is 0.481. The van der Waals surface area contributed by atoms with E-state index in [-0.39, 0.29) is 23.0 Å². The summed E-state index contributed by atoms with van der Waals surface area (Å²) in [6.45, 7) is 1.44. The lowest BCUT2D eigenvalue weighted by atomic mass is 9.73. The monoisotopic (exact) mass is 478 g/mol. The van der Waals surface area contributed by atoms with Crippen LogP contribution in [0.5, 0.6) is 0 Å². The largest absolute Gasteiger partial charge is 0.397 e.